The molecule has 1 saturated heterocycles. The number of pyridine rings is 1. The number of hydrogen-bond donors (Lipinski definition) is 1. The first-order chi connectivity index (χ1) is 8.88. The van der Waals surface area contributed by atoms with E-state index in [1.54, 1.807) is 0 Å². The zero-order valence-corrected chi connectivity index (χ0v) is 9.98. The van der Waals surface area contributed by atoms with Gasteiger partial charge in [0.05, 0.1) is 16.8 Å². The molecule has 0 spiro atoms. The van der Waals surface area contributed by atoms with Crippen LogP contribution in [-0.2, 0) is 0 Å². The van der Waals surface area contributed by atoms with E-state index in [4.69, 9.17) is 0 Å². The van der Waals surface area contributed by atoms with Crippen molar-refractivity contribution in [3.8, 4) is 6.07 Å². The number of para-hydroxylation sites is 1. The number of nitrogens with zero attached hydrogens (tertiary/aromatic N) is 2. The number of aromatic nitrogens is 1. The van der Waals surface area contributed by atoms with Gasteiger partial charge in [-0.05, 0) is 25.0 Å². The molecular formula is C15H13N3. The first-order valence-electron chi connectivity index (χ1n) is 6.12. The maximum absolute atomic E-state index is 9.32. The zero-order chi connectivity index (χ0) is 12.4. The Hall–Kier alpha value is -2.34. The summed E-state index contributed by atoms with van der Waals surface area (Å²) in [6, 6.07) is 14.2. The van der Waals surface area contributed by atoms with Crippen molar-refractivity contribution in [1.82, 2.24) is 10.3 Å². The van der Waals surface area contributed by atoms with Gasteiger partial charge in [-0.25, -0.2) is 4.98 Å². The molecular weight excluding hydrogens is 222 g/mol. The first-order valence-corrected chi connectivity index (χ1v) is 6.12. The molecule has 18 heavy (non-hydrogen) atoms. The minimum Gasteiger partial charge on any atom is -0.387 e. The Balaban J connectivity index is 2.14. The van der Waals surface area contributed by atoms with Crippen LogP contribution in [0.4, 0.5) is 0 Å². The Morgan fingerprint density at radius 1 is 1.22 bits per heavy atom. The maximum Gasteiger partial charge on any atom is 0.103 e. The van der Waals surface area contributed by atoms with Crippen LogP contribution in [-0.4, -0.2) is 11.5 Å². The van der Waals surface area contributed by atoms with E-state index in [1.807, 2.05) is 36.4 Å². The SMILES string of the molecule is N#C/C(=C1/CCCN1)c1ccc2ccccc2n1. The molecule has 0 radical (unpaired) electrons. The number of fused-ring (bicyclic) bond motifs is 1. The van der Waals surface area contributed by atoms with E-state index in [2.05, 4.69) is 16.4 Å². The molecule has 1 aromatic carbocycles. The Morgan fingerprint density at radius 2 is 2.11 bits per heavy atom. The van der Waals surface area contributed by atoms with Crippen molar-refractivity contribution >= 4 is 16.5 Å². The molecule has 3 nitrogen and oxygen atoms in total. The van der Waals surface area contributed by atoms with E-state index >= 15 is 0 Å². The normalized spacial score (nSPS) is 17.3. The van der Waals surface area contributed by atoms with Crippen molar-refractivity contribution in [1.29, 1.82) is 5.26 Å². The molecule has 0 atom stereocenters. The lowest BCUT2D eigenvalue weighted by Gasteiger charge is -2.05. The van der Waals surface area contributed by atoms with Crippen LogP contribution in [0.1, 0.15) is 18.5 Å². The van der Waals surface area contributed by atoms with Crippen LogP contribution in [0.2, 0.25) is 0 Å². The smallest absolute Gasteiger partial charge is 0.103 e. The summed E-state index contributed by atoms with van der Waals surface area (Å²) in [6.45, 7) is 0.952. The molecule has 0 aliphatic carbocycles. The van der Waals surface area contributed by atoms with Crippen LogP contribution in [0.3, 0.4) is 0 Å². The second-order valence-electron chi connectivity index (χ2n) is 4.38. The summed E-state index contributed by atoms with van der Waals surface area (Å²) >= 11 is 0. The monoisotopic (exact) mass is 235 g/mol. The molecule has 88 valence electrons. The average Bonchev–Trinajstić information content (AvgIpc) is 2.93. The largest absolute Gasteiger partial charge is 0.387 e. The summed E-state index contributed by atoms with van der Waals surface area (Å²) in [4.78, 5) is 4.57. The summed E-state index contributed by atoms with van der Waals surface area (Å²) in [5.41, 5.74) is 3.40. The number of hydrogen-bond acceptors (Lipinski definition) is 3. The summed E-state index contributed by atoms with van der Waals surface area (Å²) in [6.07, 6.45) is 2.03. The zero-order valence-electron chi connectivity index (χ0n) is 9.98. The van der Waals surface area contributed by atoms with Gasteiger partial charge < -0.3 is 5.32 Å². The topological polar surface area (TPSA) is 48.7 Å². The van der Waals surface area contributed by atoms with Gasteiger partial charge in [-0.2, -0.15) is 5.26 Å². The molecule has 1 aliphatic heterocycles. The van der Waals surface area contributed by atoms with E-state index in [0.29, 0.717) is 5.57 Å². The standard InChI is InChI=1S/C15H13N3/c16-10-12(14-6-3-9-17-14)15-8-7-11-4-1-2-5-13(11)18-15/h1-2,4-5,7-8,17H,3,6,9H2/b14-12+. The molecule has 0 bridgehead atoms. The van der Waals surface area contributed by atoms with Gasteiger partial charge >= 0.3 is 0 Å². The first kappa shape index (κ1) is 10.8. The van der Waals surface area contributed by atoms with Crippen molar-refractivity contribution in [2.45, 2.75) is 12.8 Å². The molecule has 0 unspecified atom stereocenters. The number of nitriles is 1. The van der Waals surface area contributed by atoms with Crippen LogP contribution in [0.15, 0.2) is 42.1 Å². The van der Waals surface area contributed by atoms with Crippen molar-refractivity contribution in [2.75, 3.05) is 6.54 Å². The predicted octanol–water partition coefficient (Wildman–Crippen LogP) is 2.85. The Labute approximate surface area is 106 Å². The summed E-state index contributed by atoms with van der Waals surface area (Å²) in [5, 5.41) is 13.7. The third-order valence-electron chi connectivity index (χ3n) is 3.21. The lowest BCUT2D eigenvalue weighted by Crippen LogP contribution is -2.06. The van der Waals surface area contributed by atoms with Crippen molar-refractivity contribution < 1.29 is 0 Å². The highest BCUT2D eigenvalue weighted by molar-refractivity contribution is 5.84. The van der Waals surface area contributed by atoms with E-state index in [9.17, 15) is 5.26 Å². The third kappa shape index (κ3) is 1.82. The number of benzene rings is 1. The third-order valence-corrected chi connectivity index (χ3v) is 3.21. The molecule has 1 aromatic heterocycles. The molecule has 2 heterocycles. The summed E-state index contributed by atoms with van der Waals surface area (Å²) in [7, 11) is 0. The van der Waals surface area contributed by atoms with Gasteiger partial charge in [-0.1, -0.05) is 24.3 Å². The Bertz CT molecular complexity index is 657. The Morgan fingerprint density at radius 3 is 2.89 bits per heavy atom. The van der Waals surface area contributed by atoms with E-state index < -0.39 is 0 Å². The van der Waals surface area contributed by atoms with E-state index in [1.165, 1.54) is 0 Å². The highest BCUT2D eigenvalue weighted by atomic mass is 14.9. The Kier molecular flexibility index (Phi) is 2.70. The predicted molar refractivity (Wildman–Crippen MR) is 71.5 cm³/mol. The fourth-order valence-corrected chi connectivity index (χ4v) is 2.29. The molecule has 1 N–H and O–H groups in total. The van der Waals surface area contributed by atoms with Gasteiger partial charge in [0.15, 0.2) is 0 Å². The molecule has 3 rings (SSSR count). The maximum atomic E-state index is 9.32. The quantitative estimate of drug-likeness (QED) is 0.773. The molecule has 1 aliphatic rings. The van der Waals surface area contributed by atoms with Gasteiger partial charge in [0.2, 0.25) is 0 Å². The average molecular weight is 235 g/mol. The molecule has 0 saturated carbocycles. The van der Waals surface area contributed by atoms with E-state index in [-0.39, 0.29) is 0 Å². The fraction of sp³-hybridized carbons (Fsp3) is 0.200. The fourth-order valence-electron chi connectivity index (χ4n) is 2.29. The summed E-state index contributed by atoms with van der Waals surface area (Å²) in [5.74, 6) is 0. The van der Waals surface area contributed by atoms with Crippen LogP contribution in [0, 0.1) is 11.3 Å². The van der Waals surface area contributed by atoms with Gasteiger partial charge in [0, 0.05) is 17.6 Å². The van der Waals surface area contributed by atoms with E-state index in [0.717, 1.165) is 41.7 Å². The lowest BCUT2D eigenvalue weighted by atomic mass is 10.1. The minimum absolute atomic E-state index is 0.679. The van der Waals surface area contributed by atoms with Crippen molar-refractivity contribution in [2.24, 2.45) is 0 Å². The summed E-state index contributed by atoms with van der Waals surface area (Å²) < 4.78 is 0. The minimum atomic E-state index is 0.679. The van der Waals surface area contributed by atoms with Crippen molar-refractivity contribution in [3.63, 3.8) is 0 Å². The van der Waals surface area contributed by atoms with Gasteiger partial charge in [-0.15, -0.1) is 0 Å². The number of nitrogens with one attached hydrogen (secondary N) is 1. The molecule has 2 aromatic rings. The highest BCUT2D eigenvalue weighted by Gasteiger charge is 2.14. The second-order valence-corrected chi connectivity index (χ2v) is 4.38. The van der Waals surface area contributed by atoms with Gasteiger partial charge in [0.25, 0.3) is 0 Å². The van der Waals surface area contributed by atoms with Crippen LogP contribution < -0.4 is 5.32 Å². The molecule has 1 fully saturated rings. The van der Waals surface area contributed by atoms with Crippen molar-refractivity contribution in [3.05, 3.63) is 47.8 Å². The van der Waals surface area contributed by atoms with Crippen LogP contribution in [0.5, 0.6) is 0 Å². The number of rotatable bonds is 1. The van der Waals surface area contributed by atoms with Gasteiger partial charge in [0.1, 0.15) is 6.07 Å². The lowest BCUT2D eigenvalue weighted by molar-refractivity contribution is 0.904. The van der Waals surface area contributed by atoms with Gasteiger partial charge in [-0.3, -0.25) is 0 Å². The molecule has 0 amide bonds. The van der Waals surface area contributed by atoms with Crippen LogP contribution >= 0.6 is 0 Å². The number of allylic oxidation sites excluding steroid dienone is 2. The molecule has 3 heteroatoms. The van der Waals surface area contributed by atoms with Crippen LogP contribution in [0.25, 0.3) is 16.5 Å². The highest BCUT2D eigenvalue weighted by Crippen LogP contribution is 2.23. The second kappa shape index (κ2) is 4.50.